The highest BCUT2D eigenvalue weighted by molar-refractivity contribution is 6.32. The van der Waals surface area contributed by atoms with Crippen molar-refractivity contribution in [2.24, 2.45) is 23.7 Å². The minimum atomic E-state index is -1.43. The molecule has 4 aliphatic rings. The van der Waals surface area contributed by atoms with Crippen LogP contribution in [0.5, 0.6) is 5.75 Å². The zero-order valence-corrected chi connectivity index (χ0v) is 24.9. The Bertz CT molecular complexity index is 1780. The molecule has 2 heterocycles. The number of amides is 4. The Morgan fingerprint density at radius 1 is 0.955 bits per heavy atom. The average Bonchev–Trinajstić information content (AvgIpc) is 3.39. The first-order chi connectivity index (χ1) is 21.2. The van der Waals surface area contributed by atoms with Crippen LogP contribution in [0.25, 0.3) is 0 Å². The van der Waals surface area contributed by atoms with E-state index in [2.05, 4.69) is 6.58 Å². The van der Waals surface area contributed by atoms with Crippen LogP contribution in [0.3, 0.4) is 0 Å². The number of carbonyl (C=O) groups is 4. The second kappa shape index (κ2) is 10.3. The number of likely N-dealkylation sites (tertiary alicyclic amines) is 1. The molecule has 44 heavy (non-hydrogen) atoms. The fourth-order valence-electron chi connectivity index (χ4n) is 8.41. The second-order valence-corrected chi connectivity index (χ2v) is 12.6. The molecule has 3 fully saturated rings. The van der Waals surface area contributed by atoms with Gasteiger partial charge in [-0.1, -0.05) is 83.9 Å². The molecule has 6 atom stereocenters. The van der Waals surface area contributed by atoms with E-state index < -0.39 is 40.9 Å². The summed E-state index contributed by atoms with van der Waals surface area (Å²) in [4.78, 5) is 59.0. The number of aromatic hydroxyl groups is 1. The highest BCUT2D eigenvalue weighted by atomic mass is 35.5. The number of imide groups is 2. The quantitative estimate of drug-likeness (QED) is 0.303. The van der Waals surface area contributed by atoms with E-state index in [1.807, 2.05) is 48.5 Å². The van der Waals surface area contributed by atoms with Gasteiger partial charge in [0.15, 0.2) is 0 Å². The molecule has 7 nitrogen and oxygen atoms in total. The van der Waals surface area contributed by atoms with Crippen LogP contribution in [-0.4, -0.2) is 40.7 Å². The molecule has 3 aromatic rings. The summed E-state index contributed by atoms with van der Waals surface area (Å²) in [6, 6.07) is 21.4. The van der Waals surface area contributed by atoms with Crippen LogP contribution < -0.4 is 4.90 Å². The summed E-state index contributed by atoms with van der Waals surface area (Å²) in [6.07, 6.45) is 4.64. The first kappa shape index (κ1) is 28.3. The summed E-state index contributed by atoms with van der Waals surface area (Å²) >= 11 is 6.35. The molecule has 6 unspecified atom stereocenters. The largest absolute Gasteiger partial charge is 0.507 e. The number of nitrogens with zero attached hydrogens (tertiary/aromatic N) is 2. The van der Waals surface area contributed by atoms with Crippen LogP contribution in [0.2, 0.25) is 5.02 Å². The predicted molar refractivity (Wildman–Crippen MR) is 166 cm³/mol. The van der Waals surface area contributed by atoms with E-state index in [0.717, 1.165) is 5.57 Å². The topological polar surface area (TPSA) is 95.0 Å². The van der Waals surface area contributed by atoms with Crippen molar-refractivity contribution < 1.29 is 24.3 Å². The van der Waals surface area contributed by atoms with Crippen molar-refractivity contribution in [2.45, 2.75) is 30.6 Å². The number of benzene rings is 3. The maximum absolute atomic E-state index is 15.2. The normalized spacial score (nSPS) is 29.3. The molecular formula is C36H31ClN2O5. The Balaban J connectivity index is 1.54. The minimum Gasteiger partial charge on any atom is -0.507 e. The van der Waals surface area contributed by atoms with Gasteiger partial charge in [-0.15, -0.1) is 6.58 Å². The number of phenolic OH excluding ortho intramolecular Hbond substituents is 1. The highest BCUT2D eigenvalue weighted by Gasteiger charge is 2.70. The van der Waals surface area contributed by atoms with E-state index in [4.69, 9.17) is 11.6 Å². The molecule has 0 bridgehead atoms. The summed E-state index contributed by atoms with van der Waals surface area (Å²) in [5, 5.41) is 12.2. The van der Waals surface area contributed by atoms with Gasteiger partial charge in [-0.3, -0.25) is 24.1 Å². The van der Waals surface area contributed by atoms with Crippen molar-refractivity contribution in [3.8, 4) is 5.75 Å². The maximum atomic E-state index is 15.2. The lowest BCUT2D eigenvalue weighted by atomic mass is 9.49. The van der Waals surface area contributed by atoms with Gasteiger partial charge in [0.2, 0.25) is 23.6 Å². The Morgan fingerprint density at radius 3 is 2.43 bits per heavy atom. The molecule has 2 aliphatic heterocycles. The molecule has 1 saturated carbocycles. The van der Waals surface area contributed by atoms with Crippen LogP contribution in [-0.2, 0) is 31.0 Å². The number of anilines is 1. The van der Waals surface area contributed by atoms with E-state index in [1.165, 1.54) is 16.8 Å². The number of hydrogen-bond acceptors (Lipinski definition) is 5. The van der Waals surface area contributed by atoms with Gasteiger partial charge >= 0.3 is 0 Å². The standard InChI is InChI=1S/C36H31ClN2O5/c1-3-9-20-10-7-15-26(31(20)40)30-24-16-17-25-29(34(43)38(2)32(25)41)27(24)19-28-33(42)39(23-14-8-13-22(37)18-23)35(44)36(28,30)21-11-5-4-6-12-21/h3-8,10-16,18,25,27-30,40H,1,9,17,19H2,2H3. The van der Waals surface area contributed by atoms with E-state index in [9.17, 15) is 19.5 Å². The van der Waals surface area contributed by atoms with Crippen molar-refractivity contribution in [3.05, 3.63) is 119 Å². The van der Waals surface area contributed by atoms with Crippen LogP contribution in [0, 0.1) is 23.7 Å². The van der Waals surface area contributed by atoms with Crippen molar-refractivity contribution in [3.63, 3.8) is 0 Å². The number of halogens is 1. The third-order valence-electron chi connectivity index (χ3n) is 10.2. The van der Waals surface area contributed by atoms with E-state index in [-0.39, 0.29) is 29.9 Å². The molecule has 3 aromatic carbocycles. The minimum absolute atomic E-state index is 0.0301. The molecule has 8 heteroatoms. The van der Waals surface area contributed by atoms with Crippen LogP contribution in [0.1, 0.15) is 35.4 Å². The van der Waals surface area contributed by atoms with Crippen molar-refractivity contribution in [1.82, 2.24) is 4.90 Å². The third kappa shape index (κ3) is 3.75. The summed E-state index contributed by atoms with van der Waals surface area (Å²) in [5.41, 5.74) is 1.54. The molecule has 0 aromatic heterocycles. The molecule has 2 saturated heterocycles. The van der Waals surface area contributed by atoms with Gasteiger partial charge in [-0.05, 0) is 54.5 Å². The van der Waals surface area contributed by atoms with Gasteiger partial charge in [-0.2, -0.15) is 0 Å². The maximum Gasteiger partial charge on any atom is 0.246 e. The summed E-state index contributed by atoms with van der Waals surface area (Å²) in [5.74, 6) is -4.57. The SMILES string of the molecule is C=CCc1cccc(C2C3=CCC4C(=O)N(C)C(=O)C4C3CC3C(=O)N(c4cccc(Cl)c4)C(=O)C32c2ccccc2)c1O. The second-order valence-electron chi connectivity index (χ2n) is 12.2. The lowest BCUT2D eigenvalue weighted by Gasteiger charge is -2.50. The van der Waals surface area contributed by atoms with E-state index >= 15 is 4.79 Å². The monoisotopic (exact) mass is 606 g/mol. The van der Waals surface area contributed by atoms with Gasteiger partial charge < -0.3 is 5.11 Å². The Labute approximate surface area is 260 Å². The van der Waals surface area contributed by atoms with Gasteiger partial charge in [0.25, 0.3) is 0 Å². The van der Waals surface area contributed by atoms with Gasteiger partial charge in [0, 0.05) is 23.6 Å². The van der Waals surface area contributed by atoms with Gasteiger partial charge in [0.1, 0.15) is 5.75 Å². The lowest BCUT2D eigenvalue weighted by Crippen LogP contribution is -2.53. The number of phenols is 1. The van der Waals surface area contributed by atoms with Crippen molar-refractivity contribution in [1.29, 1.82) is 0 Å². The zero-order valence-electron chi connectivity index (χ0n) is 24.2. The van der Waals surface area contributed by atoms with E-state index in [1.54, 1.807) is 36.4 Å². The van der Waals surface area contributed by atoms with Crippen molar-refractivity contribution >= 4 is 40.9 Å². The van der Waals surface area contributed by atoms with Gasteiger partial charge in [0.05, 0.1) is 28.9 Å². The molecular weight excluding hydrogens is 576 g/mol. The fraction of sp³-hybridized carbons (Fsp3) is 0.278. The van der Waals surface area contributed by atoms with Crippen LogP contribution >= 0.6 is 11.6 Å². The number of para-hydroxylation sites is 1. The molecule has 0 radical (unpaired) electrons. The summed E-state index contributed by atoms with van der Waals surface area (Å²) in [6.45, 7) is 3.84. The summed E-state index contributed by atoms with van der Waals surface area (Å²) < 4.78 is 0. The number of hydrogen-bond donors (Lipinski definition) is 1. The highest BCUT2D eigenvalue weighted by Crippen LogP contribution is 2.65. The predicted octanol–water partition coefficient (Wildman–Crippen LogP) is 5.57. The molecule has 2 aliphatic carbocycles. The number of carbonyl (C=O) groups excluding carboxylic acids is 4. The smallest absolute Gasteiger partial charge is 0.246 e. The Kier molecular flexibility index (Phi) is 6.63. The first-order valence-electron chi connectivity index (χ1n) is 14.8. The van der Waals surface area contributed by atoms with Gasteiger partial charge in [-0.25, -0.2) is 4.90 Å². The fourth-order valence-corrected chi connectivity index (χ4v) is 8.59. The third-order valence-corrected chi connectivity index (χ3v) is 10.4. The summed E-state index contributed by atoms with van der Waals surface area (Å²) in [7, 11) is 1.51. The van der Waals surface area contributed by atoms with Crippen LogP contribution in [0.15, 0.2) is 97.1 Å². The molecule has 0 spiro atoms. The van der Waals surface area contributed by atoms with Crippen molar-refractivity contribution in [2.75, 3.05) is 11.9 Å². The average molecular weight is 607 g/mol. The lowest BCUT2D eigenvalue weighted by molar-refractivity contribution is -0.138. The van der Waals surface area contributed by atoms with E-state index in [0.29, 0.717) is 40.2 Å². The molecule has 4 amide bonds. The first-order valence-corrected chi connectivity index (χ1v) is 15.2. The number of allylic oxidation sites excluding steroid dienone is 3. The zero-order chi connectivity index (χ0) is 30.9. The molecule has 1 N–H and O–H groups in total. The number of fused-ring (bicyclic) bond motifs is 4. The number of rotatable bonds is 5. The molecule has 222 valence electrons. The Morgan fingerprint density at radius 2 is 1.70 bits per heavy atom. The van der Waals surface area contributed by atoms with Crippen LogP contribution in [0.4, 0.5) is 5.69 Å². The molecule has 7 rings (SSSR count). The Hall–Kier alpha value is -4.49.